The zero-order valence-corrected chi connectivity index (χ0v) is 12.7. The number of hydrogen-bond donors (Lipinski definition) is 1. The molecule has 3 heteroatoms. The number of nitrogens with one attached hydrogen (secondary N) is 1. The molecule has 2 aliphatic rings. The molecule has 0 aliphatic heterocycles. The lowest BCUT2D eigenvalue weighted by molar-refractivity contribution is -0.125. The van der Waals surface area contributed by atoms with Crippen LogP contribution in [0.5, 0.6) is 0 Å². The summed E-state index contributed by atoms with van der Waals surface area (Å²) in [5, 5.41) is 3.27. The molecule has 0 spiro atoms. The topological polar surface area (TPSA) is 29.1 Å². The average Bonchev–Trinajstić information content (AvgIpc) is 2.43. The van der Waals surface area contributed by atoms with Gasteiger partial charge in [0.2, 0.25) is 5.91 Å². The smallest absolute Gasteiger partial charge is 0.228 e. The first-order valence-electron chi connectivity index (χ1n) is 7.59. The minimum absolute atomic E-state index is 0.0330. The molecule has 2 aliphatic carbocycles. The Labute approximate surface area is 125 Å². The van der Waals surface area contributed by atoms with Gasteiger partial charge >= 0.3 is 0 Å². The van der Waals surface area contributed by atoms with Gasteiger partial charge in [0, 0.05) is 5.88 Å². The third-order valence-electron chi connectivity index (χ3n) is 5.05. The first kappa shape index (κ1) is 13.9. The summed E-state index contributed by atoms with van der Waals surface area (Å²) in [6.45, 7) is 2.28. The van der Waals surface area contributed by atoms with Gasteiger partial charge in [-0.3, -0.25) is 4.79 Å². The molecule has 3 rings (SSSR count). The first-order chi connectivity index (χ1) is 9.63. The number of hydrogen-bond acceptors (Lipinski definition) is 1. The van der Waals surface area contributed by atoms with Gasteiger partial charge in [-0.25, -0.2) is 0 Å². The largest absolute Gasteiger partial charge is 0.349 e. The summed E-state index contributed by atoms with van der Waals surface area (Å²) in [6.07, 6.45) is 5.22. The predicted molar refractivity (Wildman–Crippen MR) is 82.1 cm³/mol. The second-order valence-electron chi connectivity index (χ2n) is 6.54. The van der Waals surface area contributed by atoms with Crippen LogP contribution in [-0.2, 0) is 11.2 Å². The number of carbonyl (C=O) groups is 1. The Balaban J connectivity index is 1.67. The highest BCUT2D eigenvalue weighted by Crippen LogP contribution is 2.37. The monoisotopic (exact) mass is 291 g/mol. The van der Waals surface area contributed by atoms with Crippen molar-refractivity contribution in [2.75, 3.05) is 5.88 Å². The Morgan fingerprint density at radius 3 is 2.70 bits per heavy atom. The van der Waals surface area contributed by atoms with Gasteiger partial charge in [-0.2, -0.15) is 0 Å². The summed E-state index contributed by atoms with van der Waals surface area (Å²) < 4.78 is 0. The molecule has 1 N–H and O–H groups in total. The third-order valence-corrected chi connectivity index (χ3v) is 5.56. The Hall–Kier alpha value is -1.02. The van der Waals surface area contributed by atoms with Gasteiger partial charge < -0.3 is 5.32 Å². The predicted octanol–water partition coefficient (Wildman–Crippen LogP) is 3.63. The summed E-state index contributed by atoms with van der Waals surface area (Å²) >= 11 is 6.18. The van der Waals surface area contributed by atoms with E-state index in [9.17, 15) is 4.79 Å². The highest BCUT2D eigenvalue weighted by atomic mass is 35.5. The second-order valence-corrected chi connectivity index (χ2v) is 6.81. The first-order valence-corrected chi connectivity index (χ1v) is 8.13. The maximum atomic E-state index is 12.5. The lowest BCUT2D eigenvalue weighted by Gasteiger charge is -2.41. The molecular formula is C17H22ClNO. The number of alkyl halides is 1. The van der Waals surface area contributed by atoms with E-state index >= 15 is 0 Å². The number of rotatable bonds is 3. The van der Waals surface area contributed by atoms with Gasteiger partial charge in [-0.05, 0) is 49.1 Å². The van der Waals surface area contributed by atoms with E-state index in [0.717, 1.165) is 38.0 Å². The third kappa shape index (κ3) is 2.46. The summed E-state index contributed by atoms with van der Waals surface area (Å²) in [4.78, 5) is 12.5. The molecule has 0 bridgehead atoms. The van der Waals surface area contributed by atoms with Gasteiger partial charge in [0.1, 0.15) is 0 Å². The molecule has 2 nitrogen and oxygen atoms in total. The van der Waals surface area contributed by atoms with Crippen molar-refractivity contribution in [2.45, 2.75) is 50.5 Å². The highest BCUT2D eigenvalue weighted by molar-refractivity contribution is 6.18. The molecule has 0 aromatic heterocycles. The Kier molecular flexibility index (Phi) is 3.76. The van der Waals surface area contributed by atoms with Crippen LogP contribution >= 0.6 is 11.6 Å². The SMILES string of the molecule is CC1CCC(CCl)(NC(=O)C2Cc3ccccc32)CC1. The van der Waals surface area contributed by atoms with Crippen LogP contribution in [0.1, 0.15) is 49.7 Å². The molecule has 0 saturated heterocycles. The Bertz CT molecular complexity index is 505. The van der Waals surface area contributed by atoms with Crippen molar-refractivity contribution in [1.29, 1.82) is 0 Å². The van der Waals surface area contributed by atoms with E-state index in [1.165, 1.54) is 11.1 Å². The minimum atomic E-state index is -0.171. The lowest BCUT2D eigenvalue weighted by atomic mass is 9.75. The quantitative estimate of drug-likeness (QED) is 0.847. The van der Waals surface area contributed by atoms with Crippen molar-refractivity contribution in [2.24, 2.45) is 5.92 Å². The molecule has 20 heavy (non-hydrogen) atoms. The van der Waals surface area contributed by atoms with Crippen LogP contribution in [0.25, 0.3) is 0 Å². The van der Waals surface area contributed by atoms with Crippen LogP contribution in [0.2, 0.25) is 0 Å². The molecule has 1 amide bonds. The van der Waals surface area contributed by atoms with Crippen molar-refractivity contribution in [3.05, 3.63) is 35.4 Å². The zero-order chi connectivity index (χ0) is 14.2. The van der Waals surface area contributed by atoms with Gasteiger partial charge in [0.05, 0.1) is 11.5 Å². The molecule has 0 radical (unpaired) electrons. The van der Waals surface area contributed by atoms with E-state index in [1.54, 1.807) is 0 Å². The normalized spacial score (nSPS) is 32.1. The van der Waals surface area contributed by atoms with Crippen LogP contribution in [-0.4, -0.2) is 17.3 Å². The molecule has 1 unspecified atom stereocenters. The van der Waals surface area contributed by atoms with Crippen molar-refractivity contribution in [3.63, 3.8) is 0 Å². The van der Waals surface area contributed by atoms with Gasteiger partial charge in [0.15, 0.2) is 0 Å². The van der Waals surface area contributed by atoms with E-state index in [1.807, 2.05) is 12.1 Å². The maximum absolute atomic E-state index is 12.5. The number of benzene rings is 1. The van der Waals surface area contributed by atoms with Crippen LogP contribution in [0.15, 0.2) is 24.3 Å². The lowest BCUT2D eigenvalue weighted by Crippen LogP contribution is -2.54. The average molecular weight is 292 g/mol. The molecule has 1 aromatic rings. The summed E-state index contributed by atoms with van der Waals surface area (Å²) in [5.41, 5.74) is 2.33. The number of amides is 1. The summed E-state index contributed by atoms with van der Waals surface area (Å²) in [5.74, 6) is 1.48. The Morgan fingerprint density at radius 2 is 2.05 bits per heavy atom. The number of carbonyl (C=O) groups excluding carboxylic acids is 1. The van der Waals surface area contributed by atoms with Gasteiger partial charge in [0.25, 0.3) is 0 Å². The molecular weight excluding hydrogens is 270 g/mol. The summed E-state index contributed by atoms with van der Waals surface area (Å²) in [7, 11) is 0. The fourth-order valence-corrected chi connectivity index (χ4v) is 3.78. The van der Waals surface area contributed by atoms with Crippen LogP contribution < -0.4 is 5.32 Å². The van der Waals surface area contributed by atoms with E-state index in [4.69, 9.17) is 11.6 Å². The highest BCUT2D eigenvalue weighted by Gasteiger charge is 2.39. The van der Waals surface area contributed by atoms with Crippen molar-refractivity contribution < 1.29 is 4.79 Å². The van der Waals surface area contributed by atoms with Gasteiger partial charge in [-0.1, -0.05) is 31.2 Å². The maximum Gasteiger partial charge on any atom is 0.228 e. The molecule has 1 saturated carbocycles. The van der Waals surface area contributed by atoms with Crippen molar-refractivity contribution in [1.82, 2.24) is 5.32 Å². The molecule has 1 fully saturated rings. The van der Waals surface area contributed by atoms with Crippen LogP contribution in [0.4, 0.5) is 0 Å². The number of halogens is 1. The van der Waals surface area contributed by atoms with Crippen LogP contribution in [0, 0.1) is 5.92 Å². The van der Waals surface area contributed by atoms with E-state index in [-0.39, 0.29) is 17.4 Å². The summed E-state index contributed by atoms with van der Waals surface area (Å²) in [6, 6.07) is 8.23. The molecule has 0 heterocycles. The zero-order valence-electron chi connectivity index (χ0n) is 12.0. The standard InChI is InChI=1S/C17H22ClNO/c1-12-6-8-17(11-18,9-7-12)19-16(20)15-10-13-4-2-3-5-14(13)15/h2-5,12,15H,6-11H2,1H3,(H,19,20). The minimum Gasteiger partial charge on any atom is -0.349 e. The van der Waals surface area contributed by atoms with E-state index in [2.05, 4.69) is 24.4 Å². The van der Waals surface area contributed by atoms with Crippen LogP contribution in [0.3, 0.4) is 0 Å². The van der Waals surface area contributed by atoms with E-state index in [0.29, 0.717) is 5.88 Å². The molecule has 108 valence electrons. The van der Waals surface area contributed by atoms with Gasteiger partial charge in [-0.15, -0.1) is 11.6 Å². The molecule has 1 aromatic carbocycles. The fourth-order valence-electron chi connectivity index (χ4n) is 3.45. The second kappa shape index (κ2) is 5.40. The fraction of sp³-hybridized carbons (Fsp3) is 0.588. The van der Waals surface area contributed by atoms with E-state index < -0.39 is 0 Å². The molecule has 1 atom stereocenters. The Morgan fingerprint density at radius 1 is 1.35 bits per heavy atom. The van der Waals surface area contributed by atoms with Crippen molar-refractivity contribution >= 4 is 17.5 Å². The van der Waals surface area contributed by atoms with Crippen molar-refractivity contribution in [3.8, 4) is 0 Å². The number of fused-ring (bicyclic) bond motifs is 1.